The van der Waals surface area contributed by atoms with Crippen molar-refractivity contribution >= 4 is 22.9 Å². The molecule has 0 aromatic heterocycles. The quantitative estimate of drug-likeness (QED) is 0.522. The van der Waals surface area contributed by atoms with Crippen LogP contribution in [0.3, 0.4) is 0 Å². The van der Waals surface area contributed by atoms with E-state index in [-0.39, 0.29) is 16.8 Å². The Kier molecular flexibility index (Phi) is 2.08. The minimum atomic E-state index is -0.427. The van der Waals surface area contributed by atoms with Gasteiger partial charge in [0.15, 0.2) is 0 Å². The number of rotatable bonds is 1. The van der Waals surface area contributed by atoms with E-state index in [1.54, 1.807) is 0 Å². The maximum atomic E-state index is 10.6. The molecule has 0 aliphatic carbocycles. The molecule has 2 amide bonds. The van der Waals surface area contributed by atoms with Crippen LogP contribution >= 0.6 is 11.8 Å². The fraction of sp³-hybridized carbons (Fsp3) is 0.200. The Bertz CT molecular complexity index is 211. The molecule has 0 radical (unpaired) electrons. The summed E-state index contributed by atoms with van der Waals surface area (Å²) >= 11 is 0.800. The predicted molar refractivity (Wildman–Crippen MR) is 36.3 cm³/mol. The first-order chi connectivity index (χ1) is 4.74. The van der Waals surface area contributed by atoms with Crippen LogP contribution in [0.25, 0.3) is 0 Å². The highest BCUT2D eigenvalue weighted by Crippen LogP contribution is 2.21. The first kappa shape index (κ1) is 7.30. The average molecular weight is 159 g/mol. The number of nitrogens with one attached hydrogen (secondary N) is 1. The molecule has 0 spiro atoms. The number of carbonyl (C=O) groups excluding carboxylic acids is 2. The fourth-order valence-corrected chi connectivity index (χ4v) is 1.19. The lowest BCUT2D eigenvalue weighted by molar-refractivity contribution is -0.115. The number of amides is 2. The second kappa shape index (κ2) is 2.85. The van der Waals surface area contributed by atoms with E-state index in [1.165, 1.54) is 6.08 Å². The molecule has 54 valence electrons. The van der Waals surface area contributed by atoms with Crippen LogP contribution in [-0.4, -0.2) is 22.9 Å². The molecule has 0 unspecified atom stereocenters. The molecule has 0 saturated carbocycles. The molecular weight excluding hydrogens is 154 g/mol. The van der Waals surface area contributed by atoms with E-state index in [0.29, 0.717) is 0 Å². The number of hydrogen-bond donors (Lipinski definition) is 2. The number of hydrogen-bond acceptors (Lipinski definition) is 4. The van der Waals surface area contributed by atoms with Gasteiger partial charge in [0.25, 0.3) is 11.1 Å². The molecule has 0 aromatic carbocycles. The van der Waals surface area contributed by atoms with Gasteiger partial charge in [0.1, 0.15) is 0 Å². The van der Waals surface area contributed by atoms with Crippen molar-refractivity contribution in [1.29, 1.82) is 0 Å². The second-order valence-corrected chi connectivity index (χ2v) is 2.61. The molecule has 2 N–H and O–H groups in total. The highest BCUT2D eigenvalue weighted by atomic mass is 32.2. The van der Waals surface area contributed by atoms with Gasteiger partial charge in [0.2, 0.25) is 0 Å². The van der Waals surface area contributed by atoms with Crippen molar-refractivity contribution in [2.45, 2.75) is 0 Å². The lowest BCUT2D eigenvalue weighted by Crippen LogP contribution is -2.17. The summed E-state index contributed by atoms with van der Waals surface area (Å²) in [6, 6.07) is 0. The SMILES string of the molecule is O=C1NC(=O)C(=CCO)S1. The second-order valence-electron chi connectivity index (χ2n) is 1.59. The normalized spacial score (nSPS) is 21.9. The van der Waals surface area contributed by atoms with Crippen LogP contribution in [0, 0.1) is 0 Å². The zero-order chi connectivity index (χ0) is 7.56. The fourth-order valence-electron chi connectivity index (χ4n) is 0.543. The molecule has 4 nitrogen and oxygen atoms in total. The van der Waals surface area contributed by atoms with Crippen molar-refractivity contribution in [3.05, 3.63) is 11.0 Å². The lowest BCUT2D eigenvalue weighted by atomic mass is 10.5. The Morgan fingerprint density at radius 1 is 1.60 bits per heavy atom. The average Bonchev–Trinajstić information content (AvgIpc) is 2.13. The van der Waals surface area contributed by atoms with Gasteiger partial charge in [-0.15, -0.1) is 0 Å². The molecule has 1 saturated heterocycles. The van der Waals surface area contributed by atoms with E-state index in [2.05, 4.69) is 5.32 Å². The maximum Gasteiger partial charge on any atom is 0.290 e. The largest absolute Gasteiger partial charge is 0.392 e. The number of imide groups is 1. The summed E-state index contributed by atoms with van der Waals surface area (Å²) in [5, 5.41) is 10.0. The highest BCUT2D eigenvalue weighted by molar-refractivity contribution is 8.18. The van der Waals surface area contributed by atoms with E-state index < -0.39 is 5.91 Å². The van der Waals surface area contributed by atoms with Crippen molar-refractivity contribution < 1.29 is 14.7 Å². The van der Waals surface area contributed by atoms with E-state index >= 15 is 0 Å². The van der Waals surface area contributed by atoms with Crippen LogP contribution in [0.4, 0.5) is 4.79 Å². The molecule has 0 aromatic rings. The molecule has 5 heteroatoms. The van der Waals surface area contributed by atoms with E-state index in [4.69, 9.17) is 5.11 Å². The third-order valence-electron chi connectivity index (χ3n) is 0.919. The minimum Gasteiger partial charge on any atom is -0.392 e. The van der Waals surface area contributed by atoms with Gasteiger partial charge in [-0.1, -0.05) is 0 Å². The number of aliphatic hydroxyl groups is 1. The van der Waals surface area contributed by atoms with Gasteiger partial charge in [-0.3, -0.25) is 14.9 Å². The van der Waals surface area contributed by atoms with Crippen LogP contribution in [-0.2, 0) is 4.79 Å². The number of thioether (sulfide) groups is 1. The van der Waals surface area contributed by atoms with Gasteiger partial charge in [0.05, 0.1) is 11.5 Å². The van der Waals surface area contributed by atoms with E-state index in [0.717, 1.165) is 11.8 Å². The van der Waals surface area contributed by atoms with Crippen molar-refractivity contribution in [1.82, 2.24) is 5.32 Å². The molecule has 0 bridgehead atoms. The summed E-state index contributed by atoms with van der Waals surface area (Å²) in [7, 11) is 0. The van der Waals surface area contributed by atoms with Gasteiger partial charge in [-0.2, -0.15) is 0 Å². The Hall–Kier alpha value is -0.810. The summed E-state index contributed by atoms with van der Waals surface area (Å²) in [6.45, 7) is -0.219. The van der Waals surface area contributed by atoms with Crippen molar-refractivity contribution in [3.63, 3.8) is 0 Å². The van der Waals surface area contributed by atoms with Gasteiger partial charge in [0, 0.05) is 0 Å². The molecule has 0 atom stereocenters. The molecule has 1 aliphatic rings. The molecular formula is C5H5NO3S. The topological polar surface area (TPSA) is 66.4 Å². The predicted octanol–water partition coefficient (Wildman–Crippen LogP) is -0.154. The Morgan fingerprint density at radius 2 is 2.30 bits per heavy atom. The summed E-state index contributed by atoms with van der Waals surface area (Å²) in [5.74, 6) is -0.427. The number of carbonyl (C=O) groups is 2. The van der Waals surface area contributed by atoms with Crippen molar-refractivity contribution in [2.75, 3.05) is 6.61 Å². The summed E-state index contributed by atoms with van der Waals surface area (Å²) < 4.78 is 0. The van der Waals surface area contributed by atoms with Gasteiger partial charge >= 0.3 is 0 Å². The first-order valence-electron chi connectivity index (χ1n) is 2.58. The third kappa shape index (κ3) is 1.37. The van der Waals surface area contributed by atoms with Crippen LogP contribution in [0.1, 0.15) is 0 Å². The van der Waals surface area contributed by atoms with Crippen LogP contribution in [0.5, 0.6) is 0 Å². The Balaban J connectivity index is 2.72. The summed E-state index contributed by atoms with van der Waals surface area (Å²) in [4.78, 5) is 21.4. The molecule has 1 heterocycles. The van der Waals surface area contributed by atoms with Gasteiger partial charge in [-0.25, -0.2) is 0 Å². The van der Waals surface area contributed by atoms with Gasteiger partial charge in [-0.05, 0) is 17.8 Å². The molecule has 1 aliphatic heterocycles. The van der Waals surface area contributed by atoms with E-state index in [1.807, 2.05) is 0 Å². The smallest absolute Gasteiger partial charge is 0.290 e. The summed E-state index contributed by atoms with van der Waals surface area (Å²) in [6.07, 6.45) is 1.30. The van der Waals surface area contributed by atoms with E-state index in [9.17, 15) is 9.59 Å². The van der Waals surface area contributed by atoms with Crippen LogP contribution in [0.15, 0.2) is 11.0 Å². The lowest BCUT2D eigenvalue weighted by Gasteiger charge is -1.84. The Morgan fingerprint density at radius 3 is 2.70 bits per heavy atom. The maximum absolute atomic E-state index is 10.6. The van der Waals surface area contributed by atoms with Crippen molar-refractivity contribution in [3.8, 4) is 0 Å². The number of aliphatic hydroxyl groups excluding tert-OH is 1. The summed E-state index contributed by atoms with van der Waals surface area (Å²) in [5.41, 5.74) is 0. The van der Waals surface area contributed by atoms with Crippen LogP contribution < -0.4 is 5.32 Å². The van der Waals surface area contributed by atoms with Crippen molar-refractivity contribution in [2.24, 2.45) is 0 Å². The minimum absolute atomic E-state index is 0.219. The highest BCUT2D eigenvalue weighted by Gasteiger charge is 2.24. The van der Waals surface area contributed by atoms with Crippen LogP contribution in [0.2, 0.25) is 0 Å². The molecule has 1 fully saturated rings. The standard InChI is InChI=1S/C5H5NO3S/c7-2-1-3-4(8)6-5(9)10-3/h1,7H,2H2,(H,6,8,9). The molecule has 1 rings (SSSR count). The third-order valence-corrected chi connectivity index (χ3v) is 1.78. The zero-order valence-corrected chi connectivity index (χ0v) is 5.77. The van der Waals surface area contributed by atoms with Gasteiger partial charge < -0.3 is 5.11 Å². The zero-order valence-electron chi connectivity index (χ0n) is 4.96. The Labute approximate surface area is 61.3 Å². The monoisotopic (exact) mass is 159 g/mol. The molecule has 10 heavy (non-hydrogen) atoms. The first-order valence-corrected chi connectivity index (χ1v) is 3.40.